The molecule has 4 aromatic rings. The van der Waals surface area contributed by atoms with Crippen LogP contribution in [0.15, 0.2) is 84.0 Å². The van der Waals surface area contributed by atoms with Crippen molar-refractivity contribution in [1.82, 2.24) is 4.98 Å². The third-order valence-electron chi connectivity index (χ3n) is 4.81. The lowest BCUT2D eigenvalue weighted by molar-refractivity contribution is 0.475. The first-order chi connectivity index (χ1) is 12.8. The zero-order chi connectivity index (χ0) is 17.5. The van der Waals surface area contributed by atoms with Gasteiger partial charge in [0.2, 0.25) is 0 Å². The van der Waals surface area contributed by atoms with Gasteiger partial charge in [-0.15, -0.1) is 0 Å². The van der Waals surface area contributed by atoms with Gasteiger partial charge in [-0.1, -0.05) is 48.5 Å². The smallest absolute Gasteiger partial charge is 0.115 e. The van der Waals surface area contributed by atoms with Crippen LogP contribution >= 0.6 is 0 Å². The normalized spacial score (nSPS) is 14.6. The van der Waals surface area contributed by atoms with Crippen molar-refractivity contribution in [2.24, 2.45) is 4.99 Å². The molecule has 0 saturated carbocycles. The maximum absolute atomic E-state index is 9.72. The molecule has 1 aliphatic heterocycles. The third-order valence-corrected chi connectivity index (χ3v) is 4.81. The Labute approximate surface area is 151 Å². The summed E-state index contributed by atoms with van der Waals surface area (Å²) in [5, 5.41) is 10.9. The Hall–Kier alpha value is -3.59. The molecule has 3 aromatic carbocycles. The van der Waals surface area contributed by atoms with E-state index in [-0.39, 0.29) is 5.75 Å². The SMILES string of the molecule is Oc1ccc(/C(=C2\C=Nc3ccccc32)c2c[nH]c3ccccc23)cc1. The molecule has 2 N–H and O–H groups in total. The number of phenols is 1. The molecule has 0 unspecified atom stereocenters. The molecule has 0 bridgehead atoms. The first kappa shape index (κ1) is 14.7. The minimum atomic E-state index is 0.262. The van der Waals surface area contributed by atoms with E-state index in [1.165, 1.54) is 5.39 Å². The monoisotopic (exact) mass is 336 g/mol. The second-order valence-electron chi connectivity index (χ2n) is 6.36. The molecule has 0 saturated heterocycles. The Morgan fingerprint density at radius 3 is 2.50 bits per heavy atom. The van der Waals surface area contributed by atoms with Gasteiger partial charge in [0.25, 0.3) is 0 Å². The molecule has 0 aliphatic carbocycles. The van der Waals surface area contributed by atoms with Gasteiger partial charge in [-0.2, -0.15) is 0 Å². The van der Waals surface area contributed by atoms with Crippen LogP contribution in [-0.4, -0.2) is 16.3 Å². The number of para-hydroxylation sites is 2. The van der Waals surface area contributed by atoms with Gasteiger partial charge in [0.1, 0.15) is 5.75 Å². The third kappa shape index (κ3) is 2.25. The lowest BCUT2D eigenvalue weighted by Crippen LogP contribution is -1.93. The number of hydrogen-bond donors (Lipinski definition) is 2. The van der Waals surface area contributed by atoms with Crippen molar-refractivity contribution in [2.75, 3.05) is 0 Å². The first-order valence-corrected chi connectivity index (χ1v) is 8.55. The minimum absolute atomic E-state index is 0.262. The number of rotatable bonds is 2. The number of fused-ring (bicyclic) bond motifs is 2. The van der Waals surface area contributed by atoms with Crippen LogP contribution in [0.3, 0.4) is 0 Å². The number of aromatic nitrogens is 1. The highest BCUT2D eigenvalue weighted by atomic mass is 16.3. The summed E-state index contributed by atoms with van der Waals surface area (Å²) in [7, 11) is 0. The van der Waals surface area contributed by atoms with Crippen molar-refractivity contribution >= 4 is 34.0 Å². The number of benzene rings is 3. The first-order valence-electron chi connectivity index (χ1n) is 8.55. The number of aromatic amines is 1. The van der Waals surface area contributed by atoms with Crippen LogP contribution in [0.2, 0.25) is 0 Å². The van der Waals surface area contributed by atoms with E-state index in [1.807, 2.05) is 42.6 Å². The van der Waals surface area contributed by atoms with Crippen molar-refractivity contribution in [3.63, 3.8) is 0 Å². The molecule has 0 fully saturated rings. The van der Waals surface area contributed by atoms with Crippen LogP contribution in [0.4, 0.5) is 5.69 Å². The maximum Gasteiger partial charge on any atom is 0.115 e. The van der Waals surface area contributed by atoms with Gasteiger partial charge in [-0.25, -0.2) is 0 Å². The second-order valence-corrected chi connectivity index (χ2v) is 6.36. The van der Waals surface area contributed by atoms with Crippen molar-refractivity contribution in [3.8, 4) is 5.75 Å². The molecule has 0 atom stereocenters. The van der Waals surface area contributed by atoms with E-state index in [9.17, 15) is 5.11 Å². The number of nitrogens with zero attached hydrogens (tertiary/aromatic N) is 1. The molecule has 2 heterocycles. The Kier molecular flexibility index (Phi) is 3.25. The molecular formula is C23H16N2O. The van der Waals surface area contributed by atoms with Crippen molar-refractivity contribution in [3.05, 3.63) is 95.7 Å². The molecule has 0 spiro atoms. The number of aromatic hydroxyl groups is 1. The quantitative estimate of drug-likeness (QED) is 0.495. The topological polar surface area (TPSA) is 48.4 Å². The summed E-state index contributed by atoms with van der Waals surface area (Å²) in [5.74, 6) is 0.262. The zero-order valence-electron chi connectivity index (χ0n) is 14.0. The van der Waals surface area contributed by atoms with Gasteiger partial charge in [-0.05, 0) is 29.8 Å². The summed E-state index contributed by atoms with van der Waals surface area (Å²) < 4.78 is 0. The molecule has 0 radical (unpaired) electrons. The van der Waals surface area contributed by atoms with Crippen LogP contribution in [0.25, 0.3) is 22.0 Å². The molecule has 0 amide bonds. The average molecular weight is 336 g/mol. The van der Waals surface area contributed by atoms with Gasteiger partial charge in [0.15, 0.2) is 0 Å². The molecule has 3 nitrogen and oxygen atoms in total. The van der Waals surface area contributed by atoms with E-state index in [4.69, 9.17) is 0 Å². The summed E-state index contributed by atoms with van der Waals surface area (Å²) in [4.78, 5) is 7.96. The number of aliphatic imine (C=N–C) groups is 1. The standard InChI is InChI=1S/C23H16N2O/c26-16-11-9-15(10-12-16)23(19-13-24-21-7-3-1-5-17(19)21)20-14-25-22-8-4-2-6-18(20)22/h1-14,24,26H/b23-20-. The lowest BCUT2D eigenvalue weighted by atomic mass is 9.90. The fraction of sp³-hybridized carbons (Fsp3) is 0. The zero-order valence-corrected chi connectivity index (χ0v) is 14.0. The summed E-state index contributed by atoms with van der Waals surface area (Å²) in [6.07, 6.45) is 3.99. The molecular weight excluding hydrogens is 320 g/mol. The summed E-state index contributed by atoms with van der Waals surface area (Å²) in [6.45, 7) is 0. The number of allylic oxidation sites excluding steroid dienone is 1. The Balaban J connectivity index is 1.85. The van der Waals surface area contributed by atoms with Crippen LogP contribution in [0.5, 0.6) is 5.75 Å². The lowest BCUT2D eigenvalue weighted by Gasteiger charge is -2.12. The van der Waals surface area contributed by atoms with E-state index < -0.39 is 0 Å². The number of hydrogen-bond acceptors (Lipinski definition) is 2. The van der Waals surface area contributed by atoms with Gasteiger partial charge >= 0.3 is 0 Å². The number of phenolic OH excluding ortho intramolecular Hbond substituents is 1. The predicted octanol–water partition coefficient (Wildman–Crippen LogP) is 5.55. The van der Waals surface area contributed by atoms with Crippen LogP contribution < -0.4 is 0 Å². The highest BCUT2D eigenvalue weighted by Gasteiger charge is 2.20. The van der Waals surface area contributed by atoms with Crippen molar-refractivity contribution in [2.45, 2.75) is 0 Å². The van der Waals surface area contributed by atoms with E-state index in [2.05, 4.69) is 40.4 Å². The Bertz CT molecular complexity index is 1180. The number of nitrogens with one attached hydrogen (secondary N) is 1. The average Bonchev–Trinajstić information content (AvgIpc) is 3.29. The van der Waals surface area contributed by atoms with Gasteiger partial charge in [-0.3, -0.25) is 4.99 Å². The fourth-order valence-corrected chi connectivity index (χ4v) is 3.58. The molecule has 26 heavy (non-hydrogen) atoms. The molecule has 1 aliphatic rings. The fourth-order valence-electron chi connectivity index (χ4n) is 3.58. The molecule has 5 rings (SSSR count). The highest BCUT2D eigenvalue weighted by Crippen LogP contribution is 2.41. The van der Waals surface area contributed by atoms with E-state index in [0.717, 1.165) is 39.0 Å². The Morgan fingerprint density at radius 1 is 0.846 bits per heavy atom. The van der Waals surface area contributed by atoms with Crippen molar-refractivity contribution < 1.29 is 5.11 Å². The number of H-pyrrole nitrogens is 1. The van der Waals surface area contributed by atoms with Crippen LogP contribution in [0, 0.1) is 0 Å². The largest absolute Gasteiger partial charge is 0.508 e. The van der Waals surface area contributed by atoms with E-state index in [0.29, 0.717) is 0 Å². The molecule has 1 aromatic heterocycles. The maximum atomic E-state index is 9.72. The Morgan fingerprint density at radius 2 is 1.62 bits per heavy atom. The highest BCUT2D eigenvalue weighted by molar-refractivity contribution is 6.27. The van der Waals surface area contributed by atoms with E-state index >= 15 is 0 Å². The van der Waals surface area contributed by atoms with Gasteiger partial charge < -0.3 is 10.1 Å². The minimum Gasteiger partial charge on any atom is -0.508 e. The van der Waals surface area contributed by atoms with Crippen LogP contribution in [-0.2, 0) is 0 Å². The summed E-state index contributed by atoms with van der Waals surface area (Å²) in [5.41, 5.74) is 7.59. The second kappa shape index (κ2) is 5.74. The molecule has 124 valence electrons. The van der Waals surface area contributed by atoms with Crippen molar-refractivity contribution in [1.29, 1.82) is 0 Å². The van der Waals surface area contributed by atoms with Crippen LogP contribution in [0.1, 0.15) is 16.7 Å². The summed E-state index contributed by atoms with van der Waals surface area (Å²) >= 11 is 0. The predicted molar refractivity (Wildman–Crippen MR) is 107 cm³/mol. The summed E-state index contributed by atoms with van der Waals surface area (Å²) in [6, 6.07) is 23.8. The molecule has 3 heteroatoms. The van der Waals surface area contributed by atoms with Gasteiger partial charge in [0, 0.05) is 45.6 Å². The van der Waals surface area contributed by atoms with E-state index in [1.54, 1.807) is 12.1 Å². The van der Waals surface area contributed by atoms with Gasteiger partial charge in [0.05, 0.1) is 5.69 Å².